The molecule has 0 amide bonds. The second-order valence-electron chi connectivity index (χ2n) is 5.27. The molecular formula is C16H25NO3. The van der Waals surface area contributed by atoms with E-state index >= 15 is 0 Å². The molecule has 1 aromatic rings. The van der Waals surface area contributed by atoms with Crippen LogP contribution in [-0.2, 0) is 9.47 Å². The minimum atomic E-state index is 0.358. The number of nitrogens with zero attached hydrogens (tertiary/aromatic N) is 1. The first kappa shape index (κ1) is 15.3. The number of methoxy groups -OCH3 is 1. The van der Waals surface area contributed by atoms with Crippen molar-refractivity contribution in [1.82, 2.24) is 4.90 Å². The molecule has 0 aromatic heterocycles. The van der Waals surface area contributed by atoms with Crippen LogP contribution >= 0.6 is 0 Å². The molecule has 20 heavy (non-hydrogen) atoms. The van der Waals surface area contributed by atoms with Gasteiger partial charge in [0.25, 0.3) is 0 Å². The molecule has 2 rings (SSSR count). The molecule has 4 nitrogen and oxygen atoms in total. The summed E-state index contributed by atoms with van der Waals surface area (Å²) in [6.45, 7) is 8.46. The van der Waals surface area contributed by atoms with E-state index < -0.39 is 0 Å². The molecule has 0 N–H and O–H groups in total. The van der Waals surface area contributed by atoms with Crippen molar-refractivity contribution in [2.45, 2.75) is 19.9 Å². The van der Waals surface area contributed by atoms with Crippen LogP contribution in [0.1, 0.15) is 25.5 Å². The Morgan fingerprint density at radius 1 is 1.35 bits per heavy atom. The second kappa shape index (κ2) is 7.62. The van der Waals surface area contributed by atoms with Gasteiger partial charge in [-0.25, -0.2) is 0 Å². The van der Waals surface area contributed by atoms with Crippen molar-refractivity contribution in [3.63, 3.8) is 0 Å². The third kappa shape index (κ3) is 3.95. The lowest BCUT2D eigenvalue weighted by molar-refractivity contribution is -0.131. The van der Waals surface area contributed by atoms with E-state index in [4.69, 9.17) is 14.2 Å². The largest absolute Gasteiger partial charge is 0.497 e. The van der Waals surface area contributed by atoms with Crippen molar-refractivity contribution >= 4 is 0 Å². The highest BCUT2D eigenvalue weighted by Crippen LogP contribution is 2.25. The second-order valence-corrected chi connectivity index (χ2v) is 5.27. The highest BCUT2D eigenvalue weighted by atomic mass is 16.7. The van der Waals surface area contributed by atoms with Gasteiger partial charge < -0.3 is 14.2 Å². The minimum absolute atomic E-state index is 0.358. The van der Waals surface area contributed by atoms with E-state index in [1.165, 1.54) is 5.56 Å². The third-order valence-corrected chi connectivity index (χ3v) is 3.90. The van der Waals surface area contributed by atoms with Crippen molar-refractivity contribution in [3.8, 4) is 5.75 Å². The van der Waals surface area contributed by atoms with E-state index in [0.29, 0.717) is 18.8 Å². The zero-order valence-corrected chi connectivity index (χ0v) is 12.7. The molecule has 0 bridgehead atoms. The van der Waals surface area contributed by atoms with Crippen molar-refractivity contribution < 1.29 is 14.2 Å². The van der Waals surface area contributed by atoms with Gasteiger partial charge in [0.2, 0.25) is 0 Å². The highest BCUT2D eigenvalue weighted by Gasteiger charge is 2.21. The maximum Gasteiger partial charge on any atom is 0.146 e. The van der Waals surface area contributed by atoms with Crippen molar-refractivity contribution in [1.29, 1.82) is 0 Å². The van der Waals surface area contributed by atoms with Gasteiger partial charge in [-0.1, -0.05) is 19.1 Å². The number of ether oxygens (including phenoxy) is 3. The Kier molecular flexibility index (Phi) is 5.83. The van der Waals surface area contributed by atoms with Crippen LogP contribution in [0.4, 0.5) is 0 Å². The predicted octanol–water partition coefficient (Wildman–Crippen LogP) is 2.70. The van der Waals surface area contributed by atoms with Crippen LogP contribution in [0.3, 0.4) is 0 Å². The zero-order valence-electron chi connectivity index (χ0n) is 12.7. The fourth-order valence-corrected chi connectivity index (χ4v) is 2.65. The Bertz CT molecular complexity index is 404. The van der Waals surface area contributed by atoms with E-state index in [0.717, 1.165) is 32.1 Å². The normalized spacial score (nSPS) is 18.2. The molecular weight excluding hydrogens is 254 g/mol. The fourth-order valence-electron chi connectivity index (χ4n) is 2.65. The molecule has 0 spiro atoms. The first-order chi connectivity index (χ1) is 9.74. The van der Waals surface area contributed by atoms with Gasteiger partial charge >= 0.3 is 0 Å². The molecule has 0 radical (unpaired) electrons. The summed E-state index contributed by atoms with van der Waals surface area (Å²) in [5.41, 5.74) is 1.28. The van der Waals surface area contributed by atoms with Gasteiger partial charge in [0.1, 0.15) is 12.5 Å². The van der Waals surface area contributed by atoms with E-state index in [1.54, 1.807) is 7.11 Å². The SMILES string of the molecule is CCN(CC1COCOC1)C(C)c1cccc(OC)c1. The maximum absolute atomic E-state index is 5.38. The summed E-state index contributed by atoms with van der Waals surface area (Å²) < 4.78 is 16.1. The predicted molar refractivity (Wildman–Crippen MR) is 78.9 cm³/mol. The van der Waals surface area contributed by atoms with Crippen LogP contribution in [0.5, 0.6) is 5.75 Å². The van der Waals surface area contributed by atoms with Gasteiger partial charge in [0.15, 0.2) is 0 Å². The van der Waals surface area contributed by atoms with Crippen LogP contribution in [0.2, 0.25) is 0 Å². The van der Waals surface area contributed by atoms with Gasteiger partial charge in [-0.15, -0.1) is 0 Å². The van der Waals surface area contributed by atoms with Crippen LogP contribution in [-0.4, -0.2) is 45.1 Å². The number of hydrogen-bond donors (Lipinski definition) is 0. The van der Waals surface area contributed by atoms with E-state index in [9.17, 15) is 0 Å². The molecule has 112 valence electrons. The molecule has 4 heteroatoms. The van der Waals surface area contributed by atoms with Crippen molar-refractivity contribution in [2.75, 3.05) is 40.2 Å². The molecule has 1 aliphatic rings. The van der Waals surface area contributed by atoms with Crippen LogP contribution in [0.25, 0.3) is 0 Å². The topological polar surface area (TPSA) is 30.9 Å². The Hall–Kier alpha value is -1.10. The Labute approximate surface area is 121 Å². The lowest BCUT2D eigenvalue weighted by atomic mass is 10.0. The quantitative estimate of drug-likeness (QED) is 0.801. The average molecular weight is 279 g/mol. The maximum atomic E-state index is 5.38. The van der Waals surface area contributed by atoms with Gasteiger partial charge in [-0.3, -0.25) is 4.90 Å². The molecule has 1 atom stereocenters. The molecule has 0 aliphatic carbocycles. The van der Waals surface area contributed by atoms with Crippen molar-refractivity contribution in [3.05, 3.63) is 29.8 Å². The molecule has 1 aromatic carbocycles. The number of benzene rings is 1. The number of rotatable bonds is 6. The van der Waals surface area contributed by atoms with Gasteiger partial charge in [-0.2, -0.15) is 0 Å². The minimum Gasteiger partial charge on any atom is -0.497 e. The summed E-state index contributed by atoms with van der Waals surface area (Å²) >= 11 is 0. The zero-order chi connectivity index (χ0) is 14.4. The van der Waals surface area contributed by atoms with Crippen molar-refractivity contribution in [2.24, 2.45) is 5.92 Å². The Morgan fingerprint density at radius 2 is 2.10 bits per heavy atom. The summed E-state index contributed by atoms with van der Waals surface area (Å²) in [5.74, 6) is 1.37. The number of hydrogen-bond acceptors (Lipinski definition) is 4. The van der Waals surface area contributed by atoms with E-state index in [-0.39, 0.29) is 0 Å². The average Bonchev–Trinajstić information content (AvgIpc) is 2.53. The Balaban J connectivity index is 2.01. The summed E-state index contributed by atoms with van der Waals surface area (Å²) in [4.78, 5) is 2.46. The van der Waals surface area contributed by atoms with Crippen LogP contribution in [0.15, 0.2) is 24.3 Å². The summed E-state index contributed by atoms with van der Waals surface area (Å²) in [6, 6.07) is 8.66. The van der Waals surface area contributed by atoms with Crippen LogP contribution in [0, 0.1) is 5.92 Å². The standard InChI is InChI=1S/C16H25NO3/c1-4-17(9-14-10-19-12-20-11-14)13(2)15-6-5-7-16(8-15)18-3/h5-8,13-14H,4,9-12H2,1-3H3. The molecule has 0 saturated carbocycles. The van der Waals surface area contributed by atoms with Gasteiger partial charge in [0, 0.05) is 18.5 Å². The van der Waals surface area contributed by atoms with E-state index in [2.05, 4.69) is 30.9 Å². The molecule has 1 unspecified atom stereocenters. The van der Waals surface area contributed by atoms with Gasteiger partial charge in [-0.05, 0) is 31.2 Å². The summed E-state index contributed by atoms with van der Waals surface area (Å²) in [7, 11) is 1.71. The smallest absolute Gasteiger partial charge is 0.146 e. The third-order valence-electron chi connectivity index (χ3n) is 3.90. The molecule has 1 saturated heterocycles. The first-order valence-electron chi connectivity index (χ1n) is 7.28. The van der Waals surface area contributed by atoms with Crippen LogP contribution < -0.4 is 4.74 Å². The monoisotopic (exact) mass is 279 g/mol. The molecule has 1 heterocycles. The lowest BCUT2D eigenvalue weighted by Gasteiger charge is -2.33. The van der Waals surface area contributed by atoms with E-state index in [1.807, 2.05) is 12.1 Å². The highest BCUT2D eigenvalue weighted by molar-refractivity contribution is 5.30. The fraction of sp³-hybridized carbons (Fsp3) is 0.625. The first-order valence-corrected chi connectivity index (χ1v) is 7.28. The Morgan fingerprint density at radius 3 is 2.75 bits per heavy atom. The molecule has 1 fully saturated rings. The summed E-state index contributed by atoms with van der Waals surface area (Å²) in [5, 5.41) is 0. The van der Waals surface area contributed by atoms with Gasteiger partial charge in [0.05, 0.1) is 20.3 Å². The summed E-state index contributed by atoms with van der Waals surface area (Å²) in [6.07, 6.45) is 0. The lowest BCUT2D eigenvalue weighted by Crippen LogP contribution is -2.37. The molecule has 1 aliphatic heterocycles.